The summed E-state index contributed by atoms with van der Waals surface area (Å²) in [5, 5.41) is 9.98. The molecule has 0 aliphatic rings. The van der Waals surface area contributed by atoms with E-state index in [2.05, 4.69) is 86.5 Å². The van der Waals surface area contributed by atoms with Gasteiger partial charge in [-0.25, -0.2) is 4.79 Å². The summed E-state index contributed by atoms with van der Waals surface area (Å²) in [5.41, 5.74) is 11.9. The van der Waals surface area contributed by atoms with E-state index in [1.807, 2.05) is 50.2 Å². The molecule has 0 heterocycles. The minimum absolute atomic E-state index is 0.0766. The van der Waals surface area contributed by atoms with Crippen molar-refractivity contribution in [2.75, 3.05) is 53.0 Å². The Hall–Kier alpha value is -4.58. The molecule has 4 rings (SSSR count). The van der Waals surface area contributed by atoms with Crippen molar-refractivity contribution >= 4 is 27.9 Å². The summed E-state index contributed by atoms with van der Waals surface area (Å²) in [5.74, 6) is 2.92. The first-order chi connectivity index (χ1) is 28.1. The van der Waals surface area contributed by atoms with E-state index >= 15 is 0 Å². The monoisotopic (exact) mass is 880 g/mol. The first-order valence-corrected chi connectivity index (χ1v) is 21.1. The topological polar surface area (TPSA) is 119 Å². The number of alkyl halides is 1. The first kappa shape index (κ1) is 50.6. The third kappa shape index (κ3) is 17.3. The number of rotatable bonds is 18. The Morgan fingerprint density at radius 1 is 0.610 bits per heavy atom. The van der Waals surface area contributed by atoms with Gasteiger partial charge in [0.2, 0.25) is 0 Å². The SMILES string of the molecule is CCOC(=O)CBr.CCOC(=O)COc1cc(C)c(Cc2ccc(OCOC)c(C(C)C)c2)c(C)c1.COCOc1ccc(Cc2c(C)cc(O)cc2C)cc1C(C)C. The van der Waals surface area contributed by atoms with Crippen molar-refractivity contribution in [3.05, 3.63) is 116 Å². The van der Waals surface area contributed by atoms with E-state index in [-0.39, 0.29) is 32.1 Å². The van der Waals surface area contributed by atoms with Crippen molar-refractivity contribution in [2.45, 2.75) is 93.9 Å². The Morgan fingerprint density at radius 3 is 1.37 bits per heavy atom. The molecule has 0 spiro atoms. The van der Waals surface area contributed by atoms with Crippen molar-refractivity contribution < 1.29 is 47.9 Å². The van der Waals surface area contributed by atoms with Crippen molar-refractivity contribution in [1.29, 1.82) is 0 Å². The van der Waals surface area contributed by atoms with Crippen LogP contribution in [0.25, 0.3) is 0 Å². The molecular weight excluding hydrogens is 816 g/mol. The fourth-order valence-corrected chi connectivity index (χ4v) is 6.51. The maximum absolute atomic E-state index is 11.5. The summed E-state index contributed by atoms with van der Waals surface area (Å²) in [6.07, 6.45) is 1.67. The van der Waals surface area contributed by atoms with Gasteiger partial charge in [0, 0.05) is 14.2 Å². The smallest absolute Gasteiger partial charge is 0.344 e. The number of methoxy groups -OCH3 is 2. The van der Waals surface area contributed by atoms with Gasteiger partial charge in [-0.2, -0.15) is 0 Å². The number of carbonyl (C=O) groups excluding carboxylic acids is 2. The maximum Gasteiger partial charge on any atom is 0.344 e. The van der Waals surface area contributed by atoms with Crippen LogP contribution in [0.4, 0.5) is 0 Å². The molecule has 0 saturated heterocycles. The highest BCUT2D eigenvalue weighted by molar-refractivity contribution is 9.09. The lowest BCUT2D eigenvalue weighted by Crippen LogP contribution is -2.14. The van der Waals surface area contributed by atoms with Crippen molar-refractivity contribution in [1.82, 2.24) is 0 Å². The molecule has 0 radical (unpaired) electrons. The summed E-state index contributed by atoms with van der Waals surface area (Å²) < 4.78 is 36.4. The van der Waals surface area contributed by atoms with Crippen LogP contribution in [-0.2, 0) is 41.4 Å². The van der Waals surface area contributed by atoms with Gasteiger partial charge in [-0.3, -0.25) is 4.79 Å². The molecule has 11 heteroatoms. The second-order valence-electron chi connectivity index (χ2n) is 14.6. The molecule has 0 fully saturated rings. The normalized spacial score (nSPS) is 10.6. The number of hydrogen-bond acceptors (Lipinski definition) is 10. The number of ether oxygens (including phenoxy) is 7. The molecule has 0 unspecified atom stereocenters. The van der Waals surface area contributed by atoms with Crippen LogP contribution in [0.1, 0.15) is 109 Å². The minimum atomic E-state index is -0.358. The van der Waals surface area contributed by atoms with Gasteiger partial charge in [-0.05, 0) is 158 Å². The fourth-order valence-electron chi connectivity index (χ4n) is 6.34. The molecule has 0 atom stereocenters. The molecule has 0 aromatic heterocycles. The summed E-state index contributed by atoms with van der Waals surface area (Å²) >= 11 is 2.94. The van der Waals surface area contributed by atoms with E-state index in [4.69, 9.17) is 28.4 Å². The van der Waals surface area contributed by atoms with Gasteiger partial charge in [0.15, 0.2) is 20.2 Å². The second kappa shape index (κ2) is 26.5. The summed E-state index contributed by atoms with van der Waals surface area (Å²) in [4.78, 5) is 21.7. The second-order valence-corrected chi connectivity index (χ2v) is 15.2. The van der Waals surface area contributed by atoms with Crippen LogP contribution in [0.3, 0.4) is 0 Å². The third-order valence-electron chi connectivity index (χ3n) is 9.25. The average molecular weight is 882 g/mol. The van der Waals surface area contributed by atoms with Crippen LogP contribution in [0.15, 0.2) is 60.7 Å². The molecule has 0 aliphatic carbocycles. The number of hydrogen-bond donors (Lipinski definition) is 1. The van der Waals surface area contributed by atoms with Gasteiger partial charge in [0.05, 0.1) is 13.2 Å². The van der Waals surface area contributed by atoms with E-state index in [9.17, 15) is 14.7 Å². The number of benzene rings is 4. The van der Waals surface area contributed by atoms with Gasteiger partial charge >= 0.3 is 11.9 Å². The number of phenols is 1. The van der Waals surface area contributed by atoms with Gasteiger partial charge < -0.3 is 38.3 Å². The zero-order valence-corrected chi connectivity index (χ0v) is 38.7. The Morgan fingerprint density at radius 2 is 1.02 bits per heavy atom. The molecule has 1 N–H and O–H groups in total. The van der Waals surface area contributed by atoms with Crippen LogP contribution < -0.4 is 14.2 Å². The highest BCUT2D eigenvalue weighted by Gasteiger charge is 2.14. The lowest BCUT2D eigenvalue weighted by Gasteiger charge is -2.17. The Bertz CT molecular complexity index is 1870. The summed E-state index contributed by atoms with van der Waals surface area (Å²) in [6.45, 7) is 21.7. The number of carbonyl (C=O) groups is 2. The zero-order valence-electron chi connectivity index (χ0n) is 37.1. The van der Waals surface area contributed by atoms with Gasteiger partial charge in [-0.1, -0.05) is 67.9 Å². The van der Waals surface area contributed by atoms with Crippen LogP contribution in [0, 0.1) is 27.7 Å². The number of aryl methyl sites for hydroxylation is 4. The highest BCUT2D eigenvalue weighted by atomic mass is 79.9. The summed E-state index contributed by atoms with van der Waals surface area (Å²) in [6, 6.07) is 20.2. The Kier molecular flexibility index (Phi) is 22.7. The number of halogens is 1. The summed E-state index contributed by atoms with van der Waals surface area (Å²) in [7, 11) is 3.24. The fraction of sp³-hybridized carbons (Fsp3) is 0.458. The average Bonchev–Trinajstić information content (AvgIpc) is 3.19. The largest absolute Gasteiger partial charge is 0.508 e. The van der Waals surface area contributed by atoms with Gasteiger partial charge in [0.25, 0.3) is 0 Å². The standard InChI is InChI=1S/C24H32O5.C20H26O3.C4H7BrO2/c1-7-27-24(25)14-28-20-10-17(4)22(18(5)11-20)13-19-8-9-23(29-15-26-6)21(12-19)16(2)3;1-13(2)18-10-16(6-7-20(18)23-12-22-5)11-19-14(3)8-17(21)9-15(19)4;1-2-7-4(6)3-5/h8-12,16H,7,13-15H2,1-6H3;6-10,13,21H,11-12H2,1-5H3;2-3H2,1H3. The number of aromatic hydroxyl groups is 1. The van der Waals surface area contributed by atoms with Gasteiger partial charge in [-0.15, -0.1) is 0 Å². The molecule has 0 aliphatic heterocycles. The molecule has 0 saturated carbocycles. The van der Waals surface area contributed by atoms with Crippen molar-refractivity contribution in [2.24, 2.45) is 0 Å². The van der Waals surface area contributed by atoms with Gasteiger partial charge in [0.1, 0.15) is 28.3 Å². The molecule has 10 nitrogen and oxygen atoms in total. The Labute approximate surface area is 360 Å². The van der Waals surface area contributed by atoms with Crippen LogP contribution in [0.5, 0.6) is 23.0 Å². The zero-order chi connectivity index (χ0) is 44.1. The van der Waals surface area contributed by atoms with E-state index in [0.717, 1.165) is 46.6 Å². The molecule has 4 aromatic carbocycles. The highest BCUT2D eigenvalue weighted by Crippen LogP contribution is 2.32. The van der Waals surface area contributed by atoms with E-state index < -0.39 is 0 Å². The van der Waals surface area contributed by atoms with Crippen LogP contribution in [0.2, 0.25) is 0 Å². The molecule has 0 amide bonds. The van der Waals surface area contributed by atoms with Crippen molar-refractivity contribution in [3.63, 3.8) is 0 Å². The maximum atomic E-state index is 11.5. The molecule has 4 aromatic rings. The number of esters is 2. The quantitative estimate of drug-likeness (QED) is 0.0588. The third-order valence-corrected chi connectivity index (χ3v) is 9.70. The molecule has 0 bridgehead atoms. The van der Waals surface area contributed by atoms with Crippen LogP contribution in [-0.4, -0.2) is 70.0 Å². The minimum Gasteiger partial charge on any atom is -0.508 e. The van der Waals surface area contributed by atoms with Crippen LogP contribution >= 0.6 is 15.9 Å². The molecule has 59 heavy (non-hydrogen) atoms. The van der Waals surface area contributed by atoms with E-state index in [0.29, 0.717) is 41.9 Å². The van der Waals surface area contributed by atoms with E-state index in [1.54, 1.807) is 28.1 Å². The van der Waals surface area contributed by atoms with Crippen molar-refractivity contribution in [3.8, 4) is 23.0 Å². The lowest BCUT2D eigenvalue weighted by atomic mass is 9.93. The number of phenolic OH excluding ortho intramolecular Hbond substituents is 1. The molecular formula is C48H65BrO10. The lowest BCUT2D eigenvalue weighted by molar-refractivity contribution is -0.145. The predicted octanol–water partition coefficient (Wildman–Crippen LogP) is 10.6. The Balaban J connectivity index is 0.000000356. The molecule has 324 valence electrons. The predicted molar refractivity (Wildman–Crippen MR) is 238 cm³/mol. The first-order valence-electron chi connectivity index (χ1n) is 20.0. The van der Waals surface area contributed by atoms with E-state index in [1.165, 1.54) is 33.4 Å².